The minimum atomic E-state index is -0.427. The van der Waals surface area contributed by atoms with Crippen LogP contribution in [-0.2, 0) is 4.79 Å². The topological polar surface area (TPSA) is 98.2 Å². The van der Waals surface area contributed by atoms with Gasteiger partial charge in [0.2, 0.25) is 5.91 Å². The van der Waals surface area contributed by atoms with Crippen molar-refractivity contribution in [2.45, 2.75) is 5.16 Å². The van der Waals surface area contributed by atoms with Gasteiger partial charge >= 0.3 is 0 Å². The summed E-state index contributed by atoms with van der Waals surface area (Å²) in [5.74, 6) is 0.250. The van der Waals surface area contributed by atoms with E-state index >= 15 is 0 Å². The Labute approximate surface area is 221 Å². The van der Waals surface area contributed by atoms with Crippen molar-refractivity contribution in [1.29, 1.82) is 0 Å². The van der Waals surface area contributed by atoms with Crippen LogP contribution in [0.2, 0.25) is 0 Å². The maximum Gasteiger partial charge on any atom is 0.283 e. The number of hydrogen-bond acceptors (Lipinski definition) is 6. The minimum Gasteiger partial charge on any atom is -0.497 e. The van der Waals surface area contributed by atoms with Crippen LogP contribution in [0.4, 0.5) is 10.1 Å². The fourth-order valence-corrected chi connectivity index (χ4v) is 4.82. The van der Waals surface area contributed by atoms with E-state index in [-0.39, 0.29) is 17.2 Å². The highest BCUT2D eigenvalue weighted by molar-refractivity contribution is 7.99. The summed E-state index contributed by atoms with van der Waals surface area (Å²) < 4.78 is 25.6. The molecular formula is C28H23FN4O4S. The van der Waals surface area contributed by atoms with E-state index < -0.39 is 5.82 Å². The summed E-state index contributed by atoms with van der Waals surface area (Å²) in [5.41, 5.74) is 3.01. The summed E-state index contributed by atoms with van der Waals surface area (Å²) in [4.78, 5) is 34.3. The molecule has 2 N–H and O–H groups in total. The Morgan fingerprint density at radius 1 is 1.05 bits per heavy atom. The summed E-state index contributed by atoms with van der Waals surface area (Å²) in [6.45, 7) is 0. The third kappa shape index (κ3) is 4.98. The van der Waals surface area contributed by atoms with Crippen LogP contribution in [0.1, 0.15) is 0 Å². The van der Waals surface area contributed by atoms with Gasteiger partial charge in [0.15, 0.2) is 5.16 Å². The molecule has 0 atom stereocenters. The molecule has 0 unspecified atom stereocenters. The Morgan fingerprint density at radius 3 is 2.53 bits per heavy atom. The number of benzene rings is 3. The predicted octanol–water partition coefficient (Wildman–Crippen LogP) is 5.27. The lowest BCUT2D eigenvalue weighted by molar-refractivity contribution is -0.113. The molecule has 0 saturated carbocycles. The van der Waals surface area contributed by atoms with Crippen molar-refractivity contribution in [1.82, 2.24) is 14.5 Å². The van der Waals surface area contributed by atoms with Crippen LogP contribution in [0, 0.1) is 5.82 Å². The number of methoxy groups -OCH3 is 2. The number of ether oxygens (including phenoxy) is 2. The first kappa shape index (κ1) is 25.1. The van der Waals surface area contributed by atoms with Crippen LogP contribution in [-0.4, -0.2) is 40.4 Å². The zero-order valence-corrected chi connectivity index (χ0v) is 21.3. The number of amides is 1. The van der Waals surface area contributed by atoms with Gasteiger partial charge in [-0.1, -0.05) is 42.1 Å². The van der Waals surface area contributed by atoms with E-state index in [1.807, 2.05) is 30.3 Å². The zero-order chi connectivity index (χ0) is 26.6. The fourth-order valence-electron chi connectivity index (χ4n) is 4.01. The van der Waals surface area contributed by atoms with Gasteiger partial charge in [-0.2, -0.15) is 0 Å². The van der Waals surface area contributed by atoms with E-state index in [0.717, 1.165) is 22.9 Å². The number of nitrogens with zero attached hydrogens (tertiary/aromatic N) is 2. The maximum absolute atomic E-state index is 13.6. The van der Waals surface area contributed by atoms with Gasteiger partial charge in [-0.05, 0) is 42.0 Å². The molecule has 0 aliphatic carbocycles. The molecule has 1 amide bonds. The fraction of sp³-hybridized carbons (Fsp3) is 0.107. The molecule has 0 spiro atoms. The summed E-state index contributed by atoms with van der Waals surface area (Å²) in [6.07, 6.45) is 1.74. The van der Waals surface area contributed by atoms with Crippen molar-refractivity contribution in [3.05, 3.63) is 95.2 Å². The number of hydrogen-bond donors (Lipinski definition) is 2. The van der Waals surface area contributed by atoms with Crippen molar-refractivity contribution in [3.8, 4) is 28.3 Å². The second kappa shape index (κ2) is 10.8. The molecule has 0 aliphatic rings. The second-order valence-corrected chi connectivity index (χ2v) is 9.15. The summed E-state index contributed by atoms with van der Waals surface area (Å²) >= 11 is 1.10. The number of nitrogens with one attached hydrogen (secondary N) is 2. The van der Waals surface area contributed by atoms with E-state index in [0.29, 0.717) is 39.1 Å². The molecule has 192 valence electrons. The summed E-state index contributed by atoms with van der Waals surface area (Å²) in [5, 5.41) is 3.12. The van der Waals surface area contributed by atoms with E-state index in [9.17, 15) is 14.0 Å². The number of halogens is 1. The molecule has 0 aliphatic heterocycles. The minimum absolute atomic E-state index is 0.0422. The lowest BCUT2D eigenvalue weighted by Crippen LogP contribution is -2.23. The van der Waals surface area contributed by atoms with Crippen LogP contribution < -0.4 is 20.3 Å². The highest BCUT2D eigenvalue weighted by atomic mass is 32.2. The number of aromatic amines is 1. The first-order chi connectivity index (χ1) is 18.5. The lowest BCUT2D eigenvalue weighted by Gasteiger charge is -2.14. The number of anilines is 1. The Morgan fingerprint density at radius 2 is 1.82 bits per heavy atom. The third-order valence-electron chi connectivity index (χ3n) is 5.85. The van der Waals surface area contributed by atoms with Crippen molar-refractivity contribution in [2.75, 3.05) is 25.3 Å². The molecule has 3 aromatic carbocycles. The molecule has 2 heterocycles. The summed E-state index contributed by atoms with van der Waals surface area (Å²) in [6, 6.07) is 20.2. The van der Waals surface area contributed by atoms with E-state index in [1.54, 1.807) is 31.5 Å². The van der Waals surface area contributed by atoms with Gasteiger partial charge in [-0.3, -0.25) is 14.2 Å². The van der Waals surface area contributed by atoms with Crippen molar-refractivity contribution < 1.29 is 18.7 Å². The smallest absolute Gasteiger partial charge is 0.283 e. The Balaban J connectivity index is 1.51. The first-order valence-electron chi connectivity index (χ1n) is 11.6. The number of aromatic nitrogens is 3. The molecule has 2 aromatic heterocycles. The van der Waals surface area contributed by atoms with Gasteiger partial charge in [-0.15, -0.1) is 0 Å². The number of thioether (sulfide) groups is 1. The van der Waals surface area contributed by atoms with Crippen molar-refractivity contribution in [3.63, 3.8) is 0 Å². The van der Waals surface area contributed by atoms with Gasteiger partial charge < -0.3 is 19.8 Å². The Kier molecular flexibility index (Phi) is 7.14. The zero-order valence-electron chi connectivity index (χ0n) is 20.5. The molecule has 0 radical (unpaired) electrons. The number of H-pyrrole nitrogens is 1. The third-order valence-corrected chi connectivity index (χ3v) is 6.79. The lowest BCUT2D eigenvalue weighted by atomic mass is 10.1. The molecule has 0 fully saturated rings. The standard InChI is InChI=1S/C28H23FN4O4S/c1-36-20-12-13-22(23(14-20)37-2)31-24(34)16-38-28-32-25-21(17-6-4-3-5-7-17)15-30-26(25)27(35)33(28)19-10-8-18(29)9-11-19/h3-15,30H,16H2,1-2H3,(H,31,34). The van der Waals surface area contributed by atoms with Gasteiger partial charge in [0.05, 0.1) is 31.3 Å². The van der Waals surface area contributed by atoms with Gasteiger partial charge in [-0.25, -0.2) is 9.37 Å². The maximum atomic E-state index is 13.6. The molecule has 8 nitrogen and oxygen atoms in total. The van der Waals surface area contributed by atoms with Crippen molar-refractivity contribution in [2.24, 2.45) is 0 Å². The van der Waals surface area contributed by atoms with E-state index in [4.69, 9.17) is 14.5 Å². The molecule has 0 bridgehead atoms. The van der Waals surface area contributed by atoms with E-state index in [2.05, 4.69) is 10.3 Å². The molecule has 38 heavy (non-hydrogen) atoms. The molecule has 0 saturated heterocycles. The normalized spacial score (nSPS) is 10.9. The molecule has 5 aromatic rings. The Hall–Kier alpha value is -4.57. The monoisotopic (exact) mass is 530 g/mol. The van der Waals surface area contributed by atoms with Crippen LogP contribution in [0.25, 0.3) is 27.8 Å². The first-order valence-corrected chi connectivity index (χ1v) is 12.6. The van der Waals surface area contributed by atoms with Crippen LogP contribution in [0.15, 0.2) is 88.9 Å². The van der Waals surface area contributed by atoms with Crippen LogP contribution in [0.3, 0.4) is 0 Å². The second-order valence-electron chi connectivity index (χ2n) is 8.21. The van der Waals surface area contributed by atoms with E-state index in [1.165, 1.54) is 35.9 Å². The Bertz CT molecular complexity index is 1670. The van der Waals surface area contributed by atoms with Crippen molar-refractivity contribution >= 4 is 34.4 Å². The number of carbonyl (C=O) groups excluding carboxylic acids is 1. The number of carbonyl (C=O) groups is 1. The highest BCUT2D eigenvalue weighted by Crippen LogP contribution is 2.31. The molecule has 5 rings (SSSR count). The molecular weight excluding hydrogens is 507 g/mol. The average molecular weight is 531 g/mol. The number of fused-ring (bicyclic) bond motifs is 1. The van der Waals surface area contributed by atoms with Gasteiger partial charge in [0, 0.05) is 17.8 Å². The predicted molar refractivity (Wildman–Crippen MR) is 146 cm³/mol. The molecule has 10 heteroatoms. The highest BCUT2D eigenvalue weighted by Gasteiger charge is 2.19. The quantitative estimate of drug-likeness (QED) is 0.210. The summed E-state index contributed by atoms with van der Waals surface area (Å²) in [7, 11) is 3.04. The largest absolute Gasteiger partial charge is 0.497 e. The SMILES string of the molecule is COc1ccc(NC(=O)CSc2nc3c(-c4ccccc4)c[nH]c3c(=O)n2-c2ccc(F)cc2)c(OC)c1. The van der Waals surface area contributed by atoms with Crippen LogP contribution >= 0.6 is 11.8 Å². The van der Waals surface area contributed by atoms with Gasteiger partial charge in [0.1, 0.15) is 28.3 Å². The number of rotatable bonds is 8. The van der Waals surface area contributed by atoms with Gasteiger partial charge in [0.25, 0.3) is 5.56 Å². The van der Waals surface area contributed by atoms with Crippen LogP contribution in [0.5, 0.6) is 11.5 Å². The average Bonchev–Trinajstić information content (AvgIpc) is 3.37.